The van der Waals surface area contributed by atoms with Crippen LogP contribution < -0.4 is 16.8 Å². The molecule has 1 amide bonds. The largest absolute Gasteiger partial charge is 0.444 e. The van der Waals surface area contributed by atoms with Crippen molar-refractivity contribution in [1.82, 2.24) is 24.9 Å². The molecule has 2 heterocycles. The molecule has 0 spiro atoms. The molecule has 5 N–H and O–H groups in total. The lowest BCUT2D eigenvalue weighted by atomic mass is 9.83. The van der Waals surface area contributed by atoms with E-state index in [1.54, 1.807) is 0 Å². The van der Waals surface area contributed by atoms with Crippen LogP contribution in [0.25, 0.3) is 0 Å². The lowest BCUT2D eigenvalue weighted by Crippen LogP contribution is -2.61. The van der Waals surface area contributed by atoms with Gasteiger partial charge in [-0.3, -0.25) is 19.6 Å². The molecule has 0 atom stereocenters. The van der Waals surface area contributed by atoms with Crippen LogP contribution in [0, 0.1) is 0 Å². The van der Waals surface area contributed by atoms with Gasteiger partial charge >= 0.3 is 6.09 Å². The fourth-order valence-electron chi connectivity index (χ4n) is 8.56. The van der Waals surface area contributed by atoms with Crippen molar-refractivity contribution in [1.29, 1.82) is 0 Å². The molecule has 0 bridgehead atoms. The molecule has 0 radical (unpaired) electrons. The third-order valence-electron chi connectivity index (χ3n) is 10.6. The summed E-state index contributed by atoms with van der Waals surface area (Å²) in [5, 5.41) is 3.32. The van der Waals surface area contributed by atoms with Gasteiger partial charge in [-0.2, -0.15) is 0 Å². The highest BCUT2D eigenvalue weighted by atomic mass is 16.6. The molecule has 6 rings (SSSR count). The normalized spacial score (nSPS) is 18.7. The van der Waals surface area contributed by atoms with E-state index in [1.807, 2.05) is 20.8 Å². The number of nitrogens with zero attached hydrogens (tertiary/aromatic N) is 4. The predicted octanol–water partition coefficient (Wildman–Crippen LogP) is 6.09. The minimum atomic E-state index is -0.645. The number of hydrogen-bond donors (Lipinski definition) is 3. The quantitative estimate of drug-likeness (QED) is 0.151. The van der Waals surface area contributed by atoms with E-state index in [0.717, 1.165) is 52.4 Å². The Morgan fingerprint density at radius 1 is 0.564 bits per heavy atom. The maximum absolute atomic E-state index is 13.7. The molecule has 0 aliphatic carbocycles. The van der Waals surface area contributed by atoms with Crippen LogP contribution in [0.1, 0.15) is 55.9 Å². The van der Waals surface area contributed by atoms with Crippen molar-refractivity contribution in [3.8, 4) is 0 Å². The number of nitrogens with one attached hydrogen (secondary N) is 1. The summed E-state index contributed by atoms with van der Waals surface area (Å²) >= 11 is 0. The Bertz CT molecular complexity index is 1520. The van der Waals surface area contributed by atoms with Crippen LogP contribution in [-0.4, -0.2) is 101 Å². The first-order chi connectivity index (χ1) is 26.4. The van der Waals surface area contributed by atoms with Gasteiger partial charge in [0.05, 0.1) is 0 Å². The third kappa shape index (κ3) is 13.3. The van der Waals surface area contributed by atoms with Crippen LogP contribution >= 0.6 is 0 Å². The average Bonchev–Trinajstić information content (AvgIpc) is 3.38. The average molecular weight is 746 g/mol. The van der Waals surface area contributed by atoms with Crippen LogP contribution in [0.15, 0.2) is 121 Å². The third-order valence-corrected chi connectivity index (χ3v) is 10.6. The van der Waals surface area contributed by atoms with Crippen molar-refractivity contribution < 1.29 is 9.53 Å². The number of nitrogens with two attached hydrogens (primary N) is 2. The van der Waals surface area contributed by atoms with Gasteiger partial charge in [-0.15, -0.1) is 0 Å². The Hall–Kier alpha value is -4.09. The molecule has 294 valence electrons. The van der Waals surface area contributed by atoms with Crippen molar-refractivity contribution in [3.63, 3.8) is 0 Å². The molecule has 55 heavy (non-hydrogen) atoms. The Balaban J connectivity index is 1.29. The van der Waals surface area contributed by atoms with E-state index < -0.39 is 22.8 Å². The molecule has 9 nitrogen and oxygen atoms in total. The second-order valence-corrected chi connectivity index (χ2v) is 17.3. The Morgan fingerprint density at radius 3 is 1.09 bits per heavy atom. The molecule has 2 saturated heterocycles. The van der Waals surface area contributed by atoms with Gasteiger partial charge in [0.1, 0.15) is 5.60 Å². The summed E-state index contributed by atoms with van der Waals surface area (Å²) in [6.45, 7) is 15.3. The van der Waals surface area contributed by atoms with Crippen molar-refractivity contribution in [3.05, 3.63) is 144 Å². The number of benzene rings is 4. The van der Waals surface area contributed by atoms with Crippen LogP contribution in [0.5, 0.6) is 0 Å². The molecule has 0 unspecified atom stereocenters. The molecular formula is C46H63N7O2. The van der Waals surface area contributed by atoms with E-state index in [4.69, 9.17) is 16.2 Å². The molecule has 0 saturated carbocycles. The molecule has 4 aromatic carbocycles. The number of hydrogen-bond acceptors (Lipinski definition) is 8. The van der Waals surface area contributed by atoms with E-state index in [2.05, 4.69) is 146 Å². The zero-order valence-corrected chi connectivity index (χ0v) is 33.3. The Kier molecular flexibility index (Phi) is 13.8. The summed E-state index contributed by atoms with van der Waals surface area (Å²) in [5.41, 5.74) is 18.4. The summed E-state index contributed by atoms with van der Waals surface area (Å²) in [4.78, 5) is 23.6. The lowest BCUT2D eigenvalue weighted by Gasteiger charge is -2.41. The lowest BCUT2D eigenvalue weighted by molar-refractivity contribution is 0.0472. The summed E-state index contributed by atoms with van der Waals surface area (Å²) in [7, 11) is 0. The predicted molar refractivity (Wildman–Crippen MR) is 223 cm³/mol. The van der Waals surface area contributed by atoms with Crippen molar-refractivity contribution >= 4 is 6.09 Å². The topological polar surface area (TPSA) is 103 Å². The highest BCUT2D eigenvalue weighted by Gasteiger charge is 2.41. The van der Waals surface area contributed by atoms with E-state index in [0.29, 0.717) is 39.0 Å². The maximum atomic E-state index is 13.7. The number of carbonyl (C=O) groups excluding carboxylic acids is 1. The number of alkyl carbamates (subject to hydrolysis) is 1. The van der Waals surface area contributed by atoms with Crippen molar-refractivity contribution in [2.24, 2.45) is 11.5 Å². The van der Waals surface area contributed by atoms with Gasteiger partial charge in [-0.05, 0) is 55.9 Å². The minimum absolute atomic E-state index is 0.324. The van der Waals surface area contributed by atoms with Crippen LogP contribution in [0.3, 0.4) is 0 Å². The zero-order valence-electron chi connectivity index (χ0n) is 33.3. The monoisotopic (exact) mass is 746 g/mol. The van der Waals surface area contributed by atoms with Crippen molar-refractivity contribution in [2.45, 2.75) is 82.5 Å². The first-order valence-electron chi connectivity index (χ1n) is 20.0. The van der Waals surface area contributed by atoms with Crippen molar-refractivity contribution in [2.75, 3.05) is 52.4 Å². The first-order valence-corrected chi connectivity index (χ1v) is 20.0. The minimum Gasteiger partial charge on any atom is -0.444 e. The van der Waals surface area contributed by atoms with Crippen LogP contribution in [0.2, 0.25) is 0 Å². The van der Waals surface area contributed by atoms with Gasteiger partial charge in [0, 0.05) is 95.7 Å². The summed E-state index contributed by atoms with van der Waals surface area (Å²) in [6.07, 6.45) is 0.676. The molecule has 4 aromatic rings. The summed E-state index contributed by atoms with van der Waals surface area (Å²) in [5.74, 6) is 0. The van der Waals surface area contributed by atoms with E-state index in [9.17, 15) is 4.79 Å². The molecule has 0 aromatic heterocycles. The molecule has 9 heteroatoms. The standard InChI is InChI=1S/C46H63N7O2/c1-44(2,3)55-43(54)49-42(28-45(47)34-50(30-38-16-8-4-9-17-38)24-25-51(35-45)31-39-18-10-5-11-19-39)29-46(48)36-52(32-40-20-12-6-13-21-40)26-27-53(37-46)33-41-22-14-7-15-23-41/h4-23,42H,24-37,47-48H2,1-3H3,(H,49,54). The van der Waals surface area contributed by atoms with E-state index in [1.165, 1.54) is 22.3 Å². The first kappa shape index (κ1) is 40.6. The number of carbonyl (C=O) groups is 1. The van der Waals surface area contributed by atoms with E-state index in [-0.39, 0.29) is 6.04 Å². The summed E-state index contributed by atoms with van der Waals surface area (Å²) < 4.78 is 5.89. The SMILES string of the molecule is CC(C)(C)OC(=O)NC(CC1(N)CN(Cc2ccccc2)CCN(Cc2ccccc2)C1)CC1(N)CN(Cc2ccccc2)CCN(Cc2ccccc2)C1. The second kappa shape index (κ2) is 18.7. The number of ether oxygens (including phenoxy) is 1. The fraction of sp³-hybridized carbons (Fsp3) is 0.457. The number of rotatable bonds is 13. The molecule has 2 aliphatic heterocycles. The zero-order chi connectivity index (χ0) is 38.7. The van der Waals surface area contributed by atoms with Gasteiger partial charge in [0.15, 0.2) is 0 Å². The smallest absolute Gasteiger partial charge is 0.407 e. The fourth-order valence-corrected chi connectivity index (χ4v) is 8.56. The molecule has 2 fully saturated rings. The van der Waals surface area contributed by atoms with Gasteiger partial charge in [-0.25, -0.2) is 4.79 Å². The highest BCUT2D eigenvalue weighted by Crippen LogP contribution is 2.27. The van der Waals surface area contributed by atoms with E-state index >= 15 is 0 Å². The van der Waals surface area contributed by atoms with Crippen LogP contribution in [-0.2, 0) is 30.9 Å². The van der Waals surface area contributed by atoms with Gasteiger partial charge in [0.2, 0.25) is 0 Å². The summed E-state index contributed by atoms with van der Waals surface area (Å²) in [6, 6.07) is 42.2. The molecular weight excluding hydrogens is 683 g/mol. The maximum Gasteiger partial charge on any atom is 0.407 e. The number of amides is 1. The van der Waals surface area contributed by atoms with Gasteiger partial charge < -0.3 is 21.5 Å². The Labute approximate surface area is 329 Å². The van der Waals surface area contributed by atoms with Gasteiger partial charge in [0.25, 0.3) is 0 Å². The van der Waals surface area contributed by atoms with Gasteiger partial charge in [-0.1, -0.05) is 121 Å². The second-order valence-electron chi connectivity index (χ2n) is 17.3. The van der Waals surface area contributed by atoms with Crippen LogP contribution in [0.4, 0.5) is 4.79 Å². The highest BCUT2D eigenvalue weighted by molar-refractivity contribution is 5.68. The molecule has 2 aliphatic rings. The Morgan fingerprint density at radius 2 is 0.836 bits per heavy atom.